The van der Waals surface area contributed by atoms with Crippen molar-refractivity contribution in [2.24, 2.45) is 5.92 Å². The van der Waals surface area contributed by atoms with Gasteiger partial charge in [0, 0.05) is 27.1 Å². The zero-order chi connectivity index (χ0) is 28.6. The summed E-state index contributed by atoms with van der Waals surface area (Å²) >= 11 is 7.63. The number of nitrogens with zero attached hydrogens (tertiary/aromatic N) is 1. The number of para-hydroxylation sites is 1. The Morgan fingerprint density at radius 1 is 0.900 bits per heavy atom. The first kappa shape index (κ1) is 27.6. The maximum Gasteiger partial charge on any atom is 0.330 e. The van der Waals surface area contributed by atoms with Crippen LogP contribution in [0.4, 0.5) is 10.5 Å². The number of anilines is 1. The van der Waals surface area contributed by atoms with Gasteiger partial charge in [-0.3, -0.25) is 9.69 Å². The minimum Gasteiger partial charge on any atom is -0.479 e. The number of carbonyl (C=O) groups is 3. The molecule has 2 N–H and O–H groups in total. The number of rotatable bonds is 6. The van der Waals surface area contributed by atoms with Crippen LogP contribution >= 0.6 is 22.9 Å². The molecule has 4 unspecified atom stereocenters. The Labute approximate surface area is 242 Å². The number of likely N-dealkylation sites (tertiary alicyclic amines) is 1. The van der Waals surface area contributed by atoms with Crippen LogP contribution in [0.1, 0.15) is 50.8 Å². The van der Waals surface area contributed by atoms with Gasteiger partial charge in [0.1, 0.15) is 5.54 Å². The summed E-state index contributed by atoms with van der Waals surface area (Å²) in [5, 5.41) is 16.2. The molecule has 2 amide bonds. The van der Waals surface area contributed by atoms with Crippen LogP contribution in [0.25, 0.3) is 0 Å². The topological polar surface area (TPSA) is 86.7 Å². The van der Waals surface area contributed by atoms with E-state index in [9.17, 15) is 19.5 Å². The van der Waals surface area contributed by atoms with Crippen molar-refractivity contribution in [2.45, 2.75) is 38.3 Å². The molecule has 3 aromatic carbocycles. The number of Topliss-reactive ketones (excluding diaryl/α,β-unsaturated/α-hetero) is 1. The van der Waals surface area contributed by atoms with Crippen LogP contribution in [-0.4, -0.2) is 33.3 Å². The van der Waals surface area contributed by atoms with Gasteiger partial charge in [-0.1, -0.05) is 66.2 Å². The average Bonchev–Trinajstić information content (AvgIpc) is 3.48. The van der Waals surface area contributed by atoms with Gasteiger partial charge >= 0.3 is 12.0 Å². The monoisotopic (exact) mass is 572 g/mol. The number of nitrogens with one attached hydrogen (secondary N) is 1. The van der Waals surface area contributed by atoms with E-state index in [2.05, 4.69) is 5.32 Å². The molecular weight excluding hydrogens is 544 g/mol. The number of carboxylic acids is 1. The molecule has 0 bridgehead atoms. The lowest BCUT2D eigenvalue weighted by atomic mass is 9.73. The second-order valence-corrected chi connectivity index (χ2v) is 11.6. The fourth-order valence-corrected chi connectivity index (χ4v) is 7.19. The first-order chi connectivity index (χ1) is 19.1. The lowest BCUT2D eigenvalue weighted by Gasteiger charge is -2.37. The minimum absolute atomic E-state index is 0.210. The molecule has 204 valence electrons. The first-order valence-electron chi connectivity index (χ1n) is 12.9. The molecule has 0 saturated carbocycles. The number of amides is 2. The van der Waals surface area contributed by atoms with Crippen molar-refractivity contribution < 1.29 is 19.5 Å². The summed E-state index contributed by atoms with van der Waals surface area (Å²) in [5.41, 5.74) is 1.56. The predicted octanol–water partition coefficient (Wildman–Crippen LogP) is 7.73. The van der Waals surface area contributed by atoms with E-state index in [1.165, 1.54) is 16.2 Å². The number of aliphatic carboxylic acids is 1. The van der Waals surface area contributed by atoms with Crippen LogP contribution in [0.5, 0.6) is 0 Å². The fraction of sp³-hybridized carbons (Fsp3) is 0.219. The van der Waals surface area contributed by atoms with Gasteiger partial charge in [-0.2, -0.15) is 0 Å². The van der Waals surface area contributed by atoms with E-state index in [1.54, 1.807) is 67.6 Å². The Morgan fingerprint density at radius 3 is 2.15 bits per heavy atom. The molecule has 2 heterocycles. The third-order valence-electron chi connectivity index (χ3n) is 7.87. The van der Waals surface area contributed by atoms with Gasteiger partial charge in [-0.05, 0) is 73.2 Å². The number of thiophene rings is 1. The highest BCUT2D eigenvalue weighted by molar-refractivity contribution is 7.10. The van der Waals surface area contributed by atoms with E-state index in [1.807, 2.05) is 43.5 Å². The van der Waals surface area contributed by atoms with Gasteiger partial charge in [-0.15, -0.1) is 11.3 Å². The quantitative estimate of drug-likeness (QED) is 0.231. The number of ketones is 1. The van der Waals surface area contributed by atoms with Crippen LogP contribution < -0.4 is 5.32 Å². The highest BCUT2D eigenvalue weighted by Gasteiger charge is 2.65. The number of carboxylic acid groups (broad SMARTS) is 1. The van der Waals surface area contributed by atoms with Gasteiger partial charge < -0.3 is 10.4 Å². The van der Waals surface area contributed by atoms with Gasteiger partial charge in [-0.25, -0.2) is 9.59 Å². The Morgan fingerprint density at radius 2 is 1.55 bits per heavy atom. The van der Waals surface area contributed by atoms with Crippen molar-refractivity contribution >= 4 is 46.4 Å². The summed E-state index contributed by atoms with van der Waals surface area (Å²) in [5.74, 6) is -3.10. The van der Waals surface area contributed by atoms with Crippen LogP contribution in [0.15, 0.2) is 90.3 Å². The summed E-state index contributed by atoms with van der Waals surface area (Å²) in [6, 6.07) is 23.5. The molecule has 1 aromatic heterocycles. The maximum absolute atomic E-state index is 14.6. The number of aryl methyl sites for hydroxylation is 2. The second-order valence-electron chi connectivity index (χ2n) is 10.3. The lowest BCUT2D eigenvalue weighted by molar-refractivity contribution is -0.148. The van der Waals surface area contributed by atoms with E-state index in [0.717, 1.165) is 16.0 Å². The molecule has 4 aromatic rings. The number of carbonyl (C=O) groups excluding carboxylic acids is 2. The molecule has 4 atom stereocenters. The third-order valence-corrected chi connectivity index (χ3v) is 9.22. The molecule has 5 rings (SSSR count). The molecular formula is C32H29ClN2O4S. The molecule has 1 aliphatic heterocycles. The first-order valence-corrected chi connectivity index (χ1v) is 14.2. The van der Waals surface area contributed by atoms with Crippen LogP contribution in [-0.2, 0) is 4.79 Å². The Hall–Kier alpha value is -3.94. The molecule has 8 heteroatoms. The van der Waals surface area contributed by atoms with Crippen molar-refractivity contribution in [3.05, 3.63) is 122 Å². The highest BCUT2D eigenvalue weighted by atomic mass is 35.5. The van der Waals surface area contributed by atoms with E-state index in [-0.39, 0.29) is 5.78 Å². The van der Waals surface area contributed by atoms with Gasteiger partial charge in [0.05, 0.1) is 12.0 Å². The van der Waals surface area contributed by atoms with E-state index in [4.69, 9.17) is 11.6 Å². The number of hydrogen-bond acceptors (Lipinski definition) is 4. The van der Waals surface area contributed by atoms with Gasteiger partial charge in [0.2, 0.25) is 0 Å². The van der Waals surface area contributed by atoms with Crippen molar-refractivity contribution in [1.82, 2.24) is 4.90 Å². The van der Waals surface area contributed by atoms with Crippen molar-refractivity contribution in [2.75, 3.05) is 5.32 Å². The molecule has 6 nitrogen and oxygen atoms in total. The molecule has 1 fully saturated rings. The van der Waals surface area contributed by atoms with Crippen LogP contribution in [0, 0.1) is 19.8 Å². The summed E-state index contributed by atoms with van der Waals surface area (Å²) in [4.78, 5) is 44.3. The molecule has 40 heavy (non-hydrogen) atoms. The second kappa shape index (κ2) is 10.9. The minimum atomic E-state index is -1.76. The summed E-state index contributed by atoms with van der Waals surface area (Å²) < 4.78 is 0. The maximum atomic E-state index is 14.6. The fourth-order valence-electron chi connectivity index (χ4n) is 5.87. The van der Waals surface area contributed by atoms with E-state index >= 15 is 0 Å². The standard InChI is InChI=1S/C32H29ClN2O4S/c1-19-9-7-8-12-24(19)28(36)25-26(29-20(2)17-18-40-29)32(3,30(37)38)35(27(25)21-13-15-22(33)16-14-21)31(39)34-23-10-5-4-6-11-23/h4-18,25-27H,1-3H3,(H,34,39)(H,37,38). The Kier molecular flexibility index (Phi) is 7.53. The zero-order valence-corrected chi connectivity index (χ0v) is 23.9. The summed E-state index contributed by atoms with van der Waals surface area (Å²) in [7, 11) is 0. The van der Waals surface area contributed by atoms with Crippen molar-refractivity contribution in [1.29, 1.82) is 0 Å². The molecule has 0 radical (unpaired) electrons. The molecule has 1 saturated heterocycles. The summed E-state index contributed by atoms with van der Waals surface area (Å²) in [6.45, 7) is 5.33. The Balaban J connectivity index is 1.79. The lowest BCUT2D eigenvalue weighted by Crippen LogP contribution is -2.55. The number of halogens is 1. The third kappa shape index (κ3) is 4.69. The normalized spacial score (nSPS) is 22.2. The largest absolute Gasteiger partial charge is 0.479 e. The molecule has 1 aliphatic rings. The van der Waals surface area contributed by atoms with Gasteiger partial charge in [0.15, 0.2) is 5.78 Å². The van der Waals surface area contributed by atoms with Crippen LogP contribution in [0.2, 0.25) is 5.02 Å². The number of benzene rings is 3. The highest BCUT2D eigenvalue weighted by Crippen LogP contribution is 2.58. The number of hydrogen-bond donors (Lipinski definition) is 2. The average molecular weight is 573 g/mol. The molecule has 0 spiro atoms. The van der Waals surface area contributed by atoms with Crippen molar-refractivity contribution in [3.63, 3.8) is 0 Å². The van der Waals surface area contributed by atoms with Crippen LogP contribution in [0.3, 0.4) is 0 Å². The van der Waals surface area contributed by atoms with Gasteiger partial charge in [0.25, 0.3) is 0 Å². The molecule has 0 aliphatic carbocycles. The van der Waals surface area contributed by atoms with E-state index in [0.29, 0.717) is 21.8 Å². The van der Waals surface area contributed by atoms with Crippen molar-refractivity contribution in [3.8, 4) is 0 Å². The Bertz CT molecular complexity index is 1570. The predicted molar refractivity (Wildman–Crippen MR) is 158 cm³/mol. The van der Waals surface area contributed by atoms with E-state index < -0.39 is 35.4 Å². The smallest absolute Gasteiger partial charge is 0.330 e. The SMILES string of the molecule is Cc1ccccc1C(=O)C1C(c2ccc(Cl)cc2)N(C(=O)Nc2ccccc2)C(C)(C(=O)O)C1c1sccc1C. The number of urea groups is 1. The summed E-state index contributed by atoms with van der Waals surface area (Å²) in [6.07, 6.45) is 0. The zero-order valence-electron chi connectivity index (χ0n) is 22.3.